The molecule has 0 aromatic heterocycles. The molecule has 1 aliphatic carbocycles. The third-order valence-electron chi connectivity index (χ3n) is 5.15. The molecule has 1 saturated carbocycles. The van der Waals surface area contributed by atoms with Crippen molar-refractivity contribution in [1.82, 2.24) is 4.90 Å². The highest BCUT2D eigenvalue weighted by Gasteiger charge is 2.45. The molecule has 0 amide bonds. The molecule has 126 valence electrons. The van der Waals surface area contributed by atoms with Gasteiger partial charge in [0.15, 0.2) is 0 Å². The maximum absolute atomic E-state index is 11.7. The summed E-state index contributed by atoms with van der Waals surface area (Å²) >= 11 is 12.3. The predicted octanol–water partition coefficient (Wildman–Crippen LogP) is 4.22. The molecule has 1 heterocycles. The van der Waals surface area contributed by atoms with Crippen molar-refractivity contribution in [3.63, 3.8) is 0 Å². The molecular weight excluding hydrogens is 337 g/mol. The Labute approximate surface area is 146 Å². The number of hydrogen-bond donors (Lipinski definition) is 1. The monoisotopic (exact) mass is 357 g/mol. The Balaban J connectivity index is 1.92. The van der Waals surface area contributed by atoms with Crippen LogP contribution in [0.1, 0.15) is 37.7 Å². The van der Waals surface area contributed by atoms with Crippen molar-refractivity contribution in [2.45, 2.75) is 50.7 Å². The van der Waals surface area contributed by atoms with Gasteiger partial charge in [-0.1, -0.05) is 36.0 Å². The van der Waals surface area contributed by atoms with Gasteiger partial charge >= 0.3 is 5.97 Å². The number of fused-ring (bicyclic) bond motifs is 1. The number of hydrogen-bond acceptors (Lipinski definition) is 3. The van der Waals surface area contributed by atoms with Gasteiger partial charge in [0.05, 0.1) is 12.1 Å². The zero-order valence-corrected chi connectivity index (χ0v) is 14.6. The summed E-state index contributed by atoms with van der Waals surface area (Å²) in [6.07, 6.45) is 5.28. The number of carbonyl (C=O) groups is 1. The van der Waals surface area contributed by atoms with E-state index in [1.54, 1.807) is 13.2 Å². The third-order valence-corrected chi connectivity index (χ3v) is 5.65. The van der Waals surface area contributed by atoms with Gasteiger partial charge in [-0.25, -0.2) is 0 Å². The smallest absolute Gasteiger partial charge is 0.320 e. The summed E-state index contributed by atoms with van der Waals surface area (Å²) in [5.74, 6) is 0.316. The lowest BCUT2D eigenvalue weighted by Gasteiger charge is -2.33. The second-order valence-corrected chi connectivity index (χ2v) is 7.30. The van der Waals surface area contributed by atoms with Crippen molar-refractivity contribution in [1.29, 1.82) is 0 Å². The van der Waals surface area contributed by atoms with Crippen LogP contribution in [-0.2, 0) is 11.3 Å². The van der Waals surface area contributed by atoms with Crippen LogP contribution in [0.2, 0.25) is 10.0 Å². The summed E-state index contributed by atoms with van der Waals surface area (Å²) in [6.45, 7) is 0.502. The van der Waals surface area contributed by atoms with E-state index in [9.17, 15) is 9.90 Å². The Morgan fingerprint density at radius 3 is 2.78 bits per heavy atom. The summed E-state index contributed by atoms with van der Waals surface area (Å²) in [4.78, 5) is 13.8. The number of halogens is 2. The Morgan fingerprint density at radius 2 is 2.09 bits per heavy atom. The van der Waals surface area contributed by atoms with Gasteiger partial charge in [-0.3, -0.25) is 9.69 Å². The normalized spacial score (nSPS) is 27.7. The van der Waals surface area contributed by atoms with Crippen molar-refractivity contribution < 1.29 is 14.6 Å². The van der Waals surface area contributed by atoms with E-state index in [4.69, 9.17) is 27.9 Å². The van der Waals surface area contributed by atoms with Gasteiger partial charge in [-0.05, 0) is 37.3 Å². The Kier molecular flexibility index (Phi) is 5.04. The molecule has 3 rings (SSSR count). The first-order valence-electron chi connectivity index (χ1n) is 8.01. The number of carboxylic acids is 1. The molecule has 2 fully saturated rings. The van der Waals surface area contributed by atoms with Crippen LogP contribution in [0.25, 0.3) is 0 Å². The lowest BCUT2D eigenvalue weighted by Crippen LogP contribution is -2.41. The molecular formula is C17H21Cl2NO3. The van der Waals surface area contributed by atoms with E-state index in [0.29, 0.717) is 34.3 Å². The predicted molar refractivity (Wildman–Crippen MR) is 90.3 cm³/mol. The van der Waals surface area contributed by atoms with Crippen LogP contribution in [0.15, 0.2) is 12.1 Å². The molecule has 3 atom stereocenters. The number of methoxy groups -OCH3 is 1. The van der Waals surface area contributed by atoms with Crippen molar-refractivity contribution >= 4 is 29.2 Å². The fourth-order valence-corrected chi connectivity index (χ4v) is 4.79. The largest absolute Gasteiger partial charge is 0.495 e. The number of nitrogens with zero attached hydrogens (tertiary/aromatic N) is 1. The molecule has 0 bridgehead atoms. The van der Waals surface area contributed by atoms with Crippen LogP contribution in [0, 0.1) is 5.92 Å². The second-order valence-electron chi connectivity index (χ2n) is 6.45. The van der Waals surface area contributed by atoms with Gasteiger partial charge in [-0.2, -0.15) is 0 Å². The third kappa shape index (κ3) is 3.30. The van der Waals surface area contributed by atoms with E-state index in [0.717, 1.165) is 31.2 Å². The minimum atomic E-state index is -0.744. The van der Waals surface area contributed by atoms with Crippen molar-refractivity contribution in [2.75, 3.05) is 7.11 Å². The zero-order valence-electron chi connectivity index (χ0n) is 13.1. The highest BCUT2D eigenvalue weighted by molar-refractivity contribution is 6.35. The average molecular weight is 358 g/mol. The summed E-state index contributed by atoms with van der Waals surface area (Å²) < 4.78 is 5.41. The number of aliphatic carboxylic acids is 1. The van der Waals surface area contributed by atoms with Crippen molar-refractivity contribution in [3.8, 4) is 5.75 Å². The van der Waals surface area contributed by atoms with Gasteiger partial charge < -0.3 is 9.84 Å². The van der Waals surface area contributed by atoms with Crippen molar-refractivity contribution in [3.05, 3.63) is 27.7 Å². The second kappa shape index (κ2) is 6.88. The first-order valence-corrected chi connectivity index (χ1v) is 8.77. The molecule has 1 N–H and O–H groups in total. The molecule has 3 unspecified atom stereocenters. The first kappa shape index (κ1) is 16.9. The van der Waals surface area contributed by atoms with Crippen LogP contribution in [0.4, 0.5) is 0 Å². The topological polar surface area (TPSA) is 49.8 Å². The van der Waals surface area contributed by atoms with E-state index in [2.05, 4.69) is 4.90 Å². The molecule has 1 aliphatic heterocycles. The van der Waals surface area contributed by atoms with Crippen LogP contribution >= 0.6 is 23.2 Å². The minimum Gasteiger partial charge on any atom is -0.495 e. The number of ether oxygens (including phenoxy) is 1. The maximum Gasteiger partial charge on any atom is 0.320 e. The lowest BCUT2D eigenvalue weighted by atomic mass is 9.84. The first-order chi connectivity index (χ1) is 11.0. The maximum atomic E-state index is 11.7. The average Bonchev–Trinajstić information content (AvgIpc) is 2.86. The van der Waals surface area contributed by atoms with Crippen LogP contribution < -0.4 is 4.74 Å². The number of carboxylic acid groups (broad SMARTS) is 1. The van der Waals surface area contributed by atoms with E-state index in [1.807, 2.05) is 6.07 Å². The molecule has 0 spiro atoms. The molecule has 0 radical (unpaired) electrons. The number of benzene rings is 1. The van der Waals surface area contributed by atoms with E-state index in [-0.39, 0.29) is 0 Å². The molecule has 4 nitrogen and oxygen atoms in total. The summed E-state index contributed by atoms with van der Waals surface area (Å²) in [5, 5.41) is 10.6. The van der Waals surface area contributed by atoms with Gasteiger partial charge in [-0.15, -0.1) is 0 Å². The van der Waals surface area contributed by atoms with Gasteiger partial charge in [0.25, 0.3) is 0 Å². The quantitative estimate of drug-likeness (QED) is 0.876. The molecule has 6 heteroatoms. The lowest BCUT2D eigenvalue weighted by molar-refractivity contribution is -0.142. The van der Waals surface area contributed by atoms with Gasteiger partial charge in [0.2, 0.25) is 0 Å². The Morgan fingerprint density at radius 1 is 1.35 bits per heavy atom. The Bertz CT molecular complexity index is 608. The molecule has 1 saturated heterocycles. The molecule has 1 aromatic carbocycles. The van der Waals surface area contributed by atoms with Crippen LogP contribution in [0.5, 0.6) is 5.75 Å². The standard InChI is InChI=1S/C17H21Cl2NO3/c1-23-16-11(6-12(18)8-13(16)19)9-20-14-5-3-2-4-10(14)7-15(20)17(21)22/h6,8,10,14-15H,2-5,7,9H2,1H3,(H,21,22). The van der Waals surface area contributed by atoms with Crippen LogP contribution in [-0.4, -0.2) is 35.2 Å². The minimum absolute atomic E-state index is 0.326. The number of rotatable bonds is 4. The van der Waals surface area contributed by atoms with E-state index >= 15 is 0 Å². The SMILES string of the molecule is COc1c(Cl)cc(Cl)cc1CN1C(C(=O)O)CC2CCCCC21. The highest BCUT2D eigenvalue weighted by atomic mass is 35.5. The Hall–Kier alpha value is -0.970. The fourth-order valence-electron chi connectivity index (χ4n) is 4.18. The summed E-state index contributed by atoms with van der Waals surface area (Å²) in [6, 6.07) is 3.35. The molecule has 1 aromatic rings. The van der Waals surface area contributed by atoms with Gasteiger partial charge in [0, 0.05) is 23.2 Å². The molecule has 23 heavy (non-hydrogen) atoms. The van der Waals surface area contributed by atoms with E-state index in [1.165, 1.54) is 6.42 Å². The number of likely N-dealkylation sites (tertiary alicyclic amines) is 1. The zero-order chi connectivity index (χ0) is 16.6. The summed E-state index contributed by atoms with van der Waals surface area (Å²) in [7, 11) is 1.57. The highest BCUT2D eigenvalue weighted by Crippen LogP contribution is 2.42. The van der Waals surface area contributed by atoms with E-state index < -0.39 is 12.0 Å². The van der Waals surface area contributed by atoms with Crippen molar-refractivity contribution in [2.24, 2.45) is 5.92 Å². The molecule has 2 aliphatic rings. The summed E-state index contributed by atoms with van der Waals surface area (Å²) in [5.41, 5.74) is 0.850. The van der Waals surface area contributed by atoms with Crippen LogP contribution in [0.3, 0.4) is 0 Å². The fraction of sp³-hybridized carbons (Fsp3) is 0.588. The van der Waals surface area contributed by atoms with Gasteiger partial charge in [0.1, 0.15) is 11.8 Å².